The van der Waals surface area contributed by atoms with Crippen LogP contribution in [0.2, 0.25) is 0 Å². The fourth-order valence-electron chi connectivity index (χ4n) is 2.25. The minimum atomic E-state index is -0.855. The van der Waals surface area contributed by atoms with Gasteiger partial charge in [-0.1, -0.05) is 13.8 Å². The number of piperazine rings is 1. The van der Waals surface area contributed by atoms with Crippen LogP contribution >= 0.6 is 0 Å². The number of nitriles is 1. The Morgan fingerprint density at radius 3 is 2.10 bits per heavy atom. The number of hydrogen-bond acceptors (Lipinski definition) is 4. The zero-order valence-electron chi connectivity index (χ0n) is 13.6. The van der Waals surface area contributed by atoms with E-state index in [1.165, 1.54) is 0 Å². The molecule has 0 aromatic rings. The molecule has 0 aromatic carbocycles. The summed E-state index contributed by atoms with van der Waals surface area (Å²) >= 11 is 0. The lowest BCUT2D eigenvalue weighted by atomic mass is 9.89. The van der Waals surface area contributed by atoms with E-state index in [-0.39, 0.29) is 23.8 Å². The Morgan fingerprint density at radius 1 is 1.19 bits per heavy atom. The van der Waals surface area contributed by atoms with Crippen LogP contribution in [0, 0.1) is 17.2 Å². The van der Waals surface area contributed by atoms with Crippen LogP contribution in [0.15, 0.2) is 0 Å². The molecule has 1 fully saturated rings. The zero-order chi connectivity index (χ0) is 16.2. The molecule has 0 saturated carbocycles. The molecule has 2 amide bonds. The van der Waals surface area contributed by atoms with Crippen molar-refractivity contribution in [2.75, 3.05) is 26.2 Å². The minimum Gasteiger partial charge on any atom is -0.340 e. The summed E-state index contributed by atoms with van der Waals surface area (Å²) in [7, 11) is 0. The Bertz CT molecular complexity index is 435. The van der Waals surface area contributed by atoms with Crippen LogP contribution < -0.4 is 5.32 Å². The number of nitrogens with zero attached hydrogens (tertiary/aromatic N) is 3. The topological polar surface area (TPSA) is 76.4 Å². The molecular formula is C15H26N4O2. The van der Waals surface area contributed by atoms with E-state index in [1.54, 1.807) is 18.7 Å². The molecule has 1 aliphatic heterocycles. The summed E-state index contributed by atoms with van der Waals surface area (Å²) in [5.74, 6) is -0.0270. The first-order chi connectivity index (χ1) is 9.71. The smallest absolute Gasteiger partial charge is 0.238 e. The summed E-state index contributed by atoms with van der Waals surface area (Å²) < 4.78 is 0. The van der Waals surface area contributed by atoms with E-state index in [0.29, 0.717) is 26.2 Å². The van der Waals surface area contributed by atoms with Gasteiger partial charge < -0.3 is 10.2 Å². The molecule has 6 nitrogen and oxygen atoms in total. The van der Waals surface area contributed by atoms with Gasteiger partial charge in [0.15, 0.2) is 0 Å². The third-order valence-electron chi connectivity index (χ3n) is 4.46. The van der Waals surface area contributed by atoms with E-state index < -0.39 is 5.54 Å². The predicted molar refractivity (Wildman–Crippen MR) is 80.3 cm³/mol. The van der Waals surface area contributed by atoms with Gasteiger partial charge in [-0.2, -0.15) is 5.26 Å². The number of nitrogens with one attached hydrogen (secondary N) is 1. The third-order valence-corrected chi connectivity index (χ3v) is 4.46. The summed E-state index contributed by atoms with van der Waals surface area (Å²) in [6, 6.07) is 1.88. The number of amides is 2. The molecule has 0 radical (unpaired) electrons. The van der Waals surface area contributed by atoms with Crippen molar-refractivity contribution in [2.45, 2.75) is 46.2 Å². The fraction of sp³-hybridized carbons (Fsp3) is 0.800. The molecule has 1 N–H and O–H groups in total. The monoisotopic (exact) mass is 294 g/mol. The molecule has 2 atom stereocenters. The van der Waals surface area contributed by atoms with Crippen LogP contribution in [0.4, 0.5) is 0 Å². The van der Waals surface area contributed by atoms with Crippen LogP contribution in [0.1, 0.15) is 34.6 Å². The van der Waals surface area contributed by atoms with Crippen LogP contribution in [0.5, 0.6) is 0 Å². The molecule has 0 bridgehead atoms. The van der Waals surface area contributed by atoms with E-state index in [1.807, 2.05) is 25.7 Å². The van der Waals surface area contributed by atoms with Gasteiger partial charge in [0.1, 0.15) is 5.54 Å². The lowest BCUT2D eigenvalue weighted by Crippen LogP contribution is -2.58. The maximum Gasteiger partial charge on any atom is 0.238 e. The van der Waals surface area contributed by atoms with Crippen LogP contribution in [-0.2, 0) is 9.59 Å². The summed E-state index contributed by atoms with van der Waals surface area (Å²) in [5, 5.41) is 12.1. The highest BCUT2D eigenvalue weighted by Crippen LogP contribution is 2.16. The molecule has 6 heteroatoms. The average molecular weight is 294 g/mol. The number of rotatable bonds is 4. The molecule has 1 heterocycles. The second-order valence-electron chi connectivity index (χ2n) is 6.18. The summed E-state index contributed by atoms with van der Waals surface area (Å²) in [4.78, 5) is 27.5. The highest BCUT2D eigenvalue weighted by atomic mass is 16.2. The normalized spacial score (nSPS) is 20.5. The van der Waals surface area contributed by atoms with Crippen molar-refractivity contribution in [3.63, 3.8) is 0 Å². The predicted octanol–water partition coefficient (Wildman–Crippen LogP) is 0.593. The Balaban J connectivity index is 2.60. The SMILES string of the molecule is CC(=O)N1CCN([C@H](C)C(=O)N[C@@](C)(C#N)C(C)C)CC1. The molecule has 118 valence electrons. The lowest BCUT2D eigenvalue weighted by Gasteiger charge is -2.38. The van der Waals surface area contributed by atoms with Gasteiger partial charge in [0.2, 0.25) is 11.8 Å². The molecule has 0 unspecified atom stereocenters. The van der Waals surface area contributed by atoms with E-state index in [2.05, 4.69) is 11.4 Å². The Hall–Kier alpha value is -1.61. The van der Waals surface area contributed by atoms with Gasteiger partial charge >= 0.3 is 0 Å². The third kappa shape index (κ3) is 4.18. The largest absolute Gasteiger partial charge is 0.340 e. The first kappa shape index (κ1) is 17.4. The van der Waals surface area contributed by atoms with E-state index in [0.717, 1.165) is 0 Å². The minimum absolute atomic E-state index is 0.0354. The molecular weight excluding hydrogens is 268 g/mol. The Kier molecular flexibility index (Phi) is 5.73. The molecule has 0 spiro atoms. The van der Waals surface area contributed by atoms with Gasteiger partial charge in [-0.3, -0.25) is 14.5 Å². The number of hydrogen-bond donors (Lipinski definition) is 1. The van der Waals surface area contributed by atoms with Gasteiger partial charge in [-0.25, -0.2) is 0 Å². The second kappa shape index (κ2) is 6.90. The summed E-state index contributed by atoms with van der Waals surface area (Å²) in [6.07, 6.45) is 0. The van der Waals surface area contributed by atoms with Crippen LogP contribution in [-0.4, -0.2) is 59.4 Å². The van der Waals surface area contributed by atoms with Crippen molar-refractivity contribution < 1.29 is 9.59 Å². The fourth-order valence-corrected chi connectivity index (χ4v) is 2.25. The molecule has 1 saturated heterocycles. The molecule has 1 aliphatic rings. The molecule has 21 heavy (non-hydrogen) atoms. The van der Waals surface area contributed by atoms with E-state index >= 15 is 0 Å². The average Bonchev–Trinajstić information content (AvgIpc) is 2.46. The molecule has 1 rings (SSSR count). The quantitative estimate of drug-likeness (QED) is 0.823. The van der Waals surface area contributed by atoms with Crippen LogP contribution in [0.3, 0.4) is 0 Å². The summed E-state index contributed by atoms with van der Waals surface area (Å²) in [5.41, 5.74) is -0.855. The number of carbonyl (C=O) groups is 2. The van der Waals surface area contributed by atoms with Crippen LogP contribution in [0.25, 0.3) is 0 Å². The number of carbonyl (C=O) groups excluding carboxylic acids is 2. The maximum atomic E-state index is 12.4. The van der Waals surface area contributed by atoms with Crippen molar-refractivity contribution in [2.24, 2.45) is 5.92 Å². The first-order valence-corrected chi connectivity index (χ1v) is 7.44. The van der Waals surface area contributed by atoms with Crippen molar-refractivity contribution >= 4 is 11.8 Å². The Labute approximate surface area is 127 Å². The molecule has 0 aliphatic carbocycles. The van der Waals surface area contributed by atoms with Gasteiger partial charge in [0.25, 0.3) is 0 Å². The molecule has 0 aromatic heterocycles. The lowest BCUT2D eigenvalue weighted by molar-refractivity contribution is -0.132. The van der Waals surface area contributed by atoms with Crippen molar-refractivity contribution in [1.29, 1.82) is 5.26 Å². The van der Waals surface area contributed by atoms with Crippen molar-refractivity contribution in [3.8, 4) is 6.07 Å². The van der Waals surface area contributed by atoms with Crippen molar-refractivity contribution in [3.05, 3.63) is 0 Å². The highest BCUT2D eigenvalue weighted by molar-refractivity contribution is 5.82. The van der Waals surface area contributed by atoms with Crippen molar-refractivity contribution in [1.82, 2.24) is 15.1 Å². The van der Waals surface area contributed by atoms with E-state index in [4.69, 9.17) is 0 Å². The van der Waals surface area contributed by atoms with Gasteiger partial charge in [-0.15, -0.1) is 0 Å². The maximum absolute atomic E-state index is 12.4. The second-order valence-corrected chi connectivity index (χ2v) is 6.18. The summed E-state index contributed by atoms with van der Waals surface area (Å²) in [6.45, 7) is 11.6. The van der Waals surface area contributed by atoms with E-state index in [9.17, 15) is 14.9 Å². The zero-order valence-corrected chi connectivity index (χ0v) is 13.6. The standard InChI is InChI=1S/C15H26N4O2/c1-11(2)15(5,10-16)17-14(21)12(3)18-6-8-19(9-7-18)13(4)20/h11-12H,6-9H2,1-5H3,(H,17,21)/t12-,15+/m1/s1. The highest BCUT2D eigenvalue weighted by Gasteiger charge is 2.34. The first-order valence-electron chi connectivity index (χ1n) is 7.44. The van der Waals surface area contributed by atoms with Gasteiger partial charge in [0.05, 0.1) is 12.1 Å². The Morgan fingerprint density at radius 2 is 1.71 bits per heavy atom. The van der Waals surface area contributed by atoms with Gasteiger partial charge in [0, 0.05) is 33.1 Å². The van der Waals surface area contributed by atoms with Gasteiger partial charge in [-0.05, 0) is 19.8 Å².